The first-order valence-electron chi connectivity index (χ1n) is 6.98. The number of piperidine rings is 1. The van der Waals surface area contributed by atoms with E-state index in [4.69, 9.17) is 4.74 Å². The molecule has 2 aliphatic rings. The molecule has 2 fully saturated rings. The summed E-state index contributed by atoms with van der Waals surface area (Å²) in [7, 11) is 2.13. The zero-order valence-corrected chi connectivity index (χ0v) is 11.4. The normalized spacial score (nSPS) is 34.5. The molecule has 106 valence electrons. The van der Waals surface area contributed by atoms with E-state index >= 15 is 0 Å². The lowest BCUT2D eigenvalue weighted by molar-refractivity contribution is -0.137. The first-order chi connectivity index (χ1) is 9.66. The quantitative estimate of drug-likeness (QED) is 0.816. The minimum atomic E-state index is -0.788. The Balaban J connectivity index is 1.72. The van der Waals surface area contributed by atoms with Crippen LogP contribution in [-0.2, 0) is 10.3 Å². The molecule has 2 aromatic heterocycles. The molecule has 0 aliphatic carbocycles. The van der Waals surface area contributed by atoms with Gasteiger partial charge in [0.2, 0.25) is 0 Å². The smallest absolute Gasteiger partial charge is 0.160 e. The van der Waals surface area contributed by atoms with Crippen molar-refractivity contribution >= 4 is 5.65 Å². The lowest BCUT2D eigenvalue weighted by Crippen LogP contribution is -2.59. The summed E-state index contributed by atoms with van der Waals surface area (Å²) in [5.74, 6) is 0. The van der Waals surface area contributed by atoms with Crippen molar-refractivity contribution in [3.63, 3.8) is 0 Å². The van der Waals surface area contributed by atoms with Gasteiger partial charge in [0.1, 0.15) is 6.33 Å². The number of morpholine rings is 1. The average molecular weight is 274 g/mol. The highest BCUT2D eigenvalue weighted by Crippen LogP contribution is 2.40. The molecule has 2 saturated heterocycles. The van der Waals surface area contributed by atoms with Gasteiger partial charge in [-0.3, -0.25) is 9.30 Å². The molecule has 0 aromatic carbocycles. The second-order valence-electron chi connectivity index (χ2n) is 5.96. The molecule has 6 nitrogen and oxygen atoms in total. The van der Waals surface area contributed by atoms with Crippen molar-refractivity contribution < 1.29 is 9.84 Å². The van der Waals surface area contributed by atoms with Crippen LogP contribution in [0.4, 0.5) is 0 Å². The van der Waals surface area contributed by atoms with E-state index < -0.39 is 5.60 Å². The highest BCUT2D eigenvalue weighted by atomic mass is 16.5. The summed E-state index contributed by atoms with van der Waals surface area (Å²) in [6, 6.07) is 4.44. The molecule has 4 rings (SSSR count). The Kier molecular flexibility index (Phi) is 2.60. The number of fused-ring (bicyclic) bond motifs is 3. The summed E-state index contributed by atoms with van der Waals surface area (Å²) in [4.78, 5) is 2.34. The zero-order chi connectivity index (χ0) is 13.7. The number of ether oxygens (including phenoxy) is 1. The molecule has 2 atom stereocenters. The molecule has 0 radical (unpaired) electrons. The predicted octanol–water partition coefficient (Wildman–Crippen LogP) is 0.410. The molecule has 1 N–H and O–H groups in total. The third-order valence-corrected chi connectivity index (χ3v) is 4.75. The number of aliphatic hydroxyl groups is 1. The number of hydrogen-bond acceptors (Lipinski definition) is 5. The van der Waals surface area contributed by atoms with Gasteiger partial charge in [-0.05, 0) is 26.0 Å². The van der Waals surface area contributed by atoms with E-state index in [1.807, 2.05) is 22.7 Å². The maximum Gasteiger partial charge on any atom is 0.160 e. The van der Waals surface area contributed by atoms with Crippen LogP contribution in [0.25, 0.3) is 5.65 Å². The number of likely N-dealkylation sites (N-methyl/N-ethyl adjacent to an activating group) is 1. The van der Waals surface area contributed by atoms with E-state index in [1.165, 1.54) is 0 Å². The van der Waals surface area contributed by atoms with Crippen LogP contribution in [-0.4, -0.2) is 56.9 Å². The van der Waals surface area contributed by atoms with Crippen LogP contribution < -0.4 is 0 Å². The van der Waals surface area contributed by atoms with E-state index in [0.717, 1.165) is 11.2 Å². The first-order valence-corrected chi connectivity index (χ1v) is 6.98. The standard InChI is InChI=1S/C14H18N4O2/c1-17-11-4-14(19,5-12(17)8-20-7-11)10-2-3-13-16-15-9-18(13)6-10/h2-3,6,9,11-12,19H,4-5,7-8H2,1H3. The number of rotatable bonds is 1. The van der Waals surface area contributed by atoms with E-state index in [9.17, 15) is 5.11 Å². The van der Waals surface area contributed by atoms with Crippen molar-refractivity contribution in [2.45, 2.75) is 30.5 Å². The second kappa shape index (κ2) is 4.25. The van der Waals surface area contributed by atoms with Crippen molar-refractivity contribution in [3.05, 3.63) is 30.2 Å². The van der Waals surface area contributed by atoms with Crippen LogP contribution in [0.2, 0.25) is 0 Å². The summed E-state index contributed by atoms with van der Waals surface area (Å²) in [6.45, 7) is 1.40. The molecule has 4 heterocycles. The van der Waals surface area contributed by atoms with Crippen molar-refractivity contribution in [2.75, 3.05) is 20.3 Å². The SMILES string of the molecule is CN1C2COCC1CC(O)(c1ccc3nncn3c1)C2. The summed E-state index contributed by atoms with van der Waals surface area (Å²) in [5.41, 5.74) is 0.952. The highest BCUT2D eigenvalue weighted by Gasteiger charge is 2.45. The van der Waals surface area contributed by atoms with E-state index in [1.54, 1.807) is 6.33 Å². The Bertz CT molecular complexity index is 627. The Hall–Kier alpha value is -1.50. The van der Waals surface area contributed by atoms with Crippen molar-refractivity contribution in [1.82, 2.24) is 19.5 Å². The van der Waals surface area contributed by atoms with Crippen LogP contribution in [0.3, 0.4) is 0 Å². The molecular weight excluding hydrogens is 256 g/mol. The topological polar surface area (TPSA) is 62.9 Å². The Labute approximate surface area is 117 Å². The number of aromatic nitrogens is 3. The molecule has 2 unspecified atom stereocenters. The minimum Gasteiger partial charge on any atom is -0.385 e. The first kappa shape index (κ1) is 12.3. The van der Waals surface area contributed by atoms with Gasteiger partial charge in [-0.15, -0.1) is 10.2 Å². The van der Waals surface area contributed by atoms with E-state index in [-0.39, 0.29) is 12.1 Å². The van der Waals surface area contributed by atoms with Gasteiger partial charge in [0.25, 0.3) is 0 Å². The van der Waals surface area contributed by atoms with Gasteiger partial charge < -0.3 is 9.84 Å². The summed E-state index contributed by atoms with van der Waals surface area (Å²) >= 11 is 0. The second-order valence-corrected chi connectivity index (χ2v) is 5.96. The molecule has 0 spiro atoms. The third kappa shape index (κ3) is 1.76. The van der Waals surface area contributed by atoms with Gasteiger partial charge in [0.05, 0.1) is 18.8 Å². The van der Waals surface area contributed by atoms with E-state index in [0.29, 0.717) is 26.1 Å². The van der Waals surface area contributed by atoms with Gasteiger partial charge in [-0.25, -0.2) is 0 Å². The van der Waals surface area contributed by atoms with Crippen LogP contribution in [0.15, 0.2) is 24.7 Å². The maximum atomic E-state index is 11.1. The van der Waals surface area contributed by atoms with Crippen molar-refractivity contribution in [2.24, 2.45) is 0 Å². The Morgan fingerprint density at radius 3 is 2.80 bits per heavy atom. The number of hydrogen-bond donors (Lipinski definition) is 1. The largest absolute Gasteiger partial charge is 0.385 e. The third-order valence-electron chi connectivity index (χ3n) is 4.75. The number of nitrogens with zero attached hydrogens (tertiary/aromatic N) is 4. The fourth-order valence-corrected chi connectivity index (χ4v) is 3.48. The average Bonchev–Trinajstić information content (AvgIpc) is 2.88. The molecular formula is C14H18N4O2. The van der Waals surface area contributed by atoms with Gasteiger partial charge in [0, 0.05) is 23.8 Å². The molecule has 0 amide bonds. The molecule has 2 aliphatic heterocycles. The van der Waals surface area contributed by atoms with Gasteiger partial charge in [-0.2, -0.15) is 0 Å². The van der Waals surface area contributed by atoms with Gasteiger partial charge in [-0.1, -0.05) is 6.07 Å². The molecule has 2 aromatic rings. The molecule has 2 bridgehead atoms. The predicted molar refractivity (Wildman–Crippen MR) is 72.3 cm³/mol. The lowest BCUT2D eigenvalue weighted by atomic mass is 9.77. The fraction of sp³-hybridized carbons (Fsp3) is 0.571. The summed E-state index contributed by atoms with van der Waals surface area (Å²) in [6.07, 6.45) is 5.01. The molecule has 0 saturated carbocycles. The summed E-state index contributed by atoms with van der Waals surface area (Å²) in [5, 5.41) is 19.0. The van der Waals surface area contributed by atoms with Crippen LogP contribution >= 0.6 is 0 Å². The highest BCUT2D eigenvalue weighted by molar-refractivity contribution is 5.39. The monoisotopic (exact) mass is 274 g/mol. The fourth-order valence-electron chi connectivity index (χ4n) is 3.48. The number of pyridine rings is 1. The Morgan fingerprint density at radius 1 is 1.30 bits per heavy atom. The molecule has 6 heteroatoms. The van der Waals surface area contributed by atoms with Crippen LogP contribution in [0, 0.1) is 0 Å². The van der Waals surface area contributed by atoms with Crippen LogP contribution in [0.1, 0.15) is 18.4 Å². The molecule has 20 heavy (non-hydrogen) atoms. The minimum absolute atomic E-state index is 0.282. The Morgan fingerprint density at radius 2 is 2.05 bits per heavy atom. The van der Waals surface area contributed by atoms with E-state index in [2.05, 4.69) is 22.1 Å². The van der Waals surface area contributed by atoms with Gasteiger partial charge in [0.15, 0.2) is 5.65 Å². The van der Waals surface area contributed by atoms with Crippen molar-refractivity contribution in [1.29, 1.82) is 0 Å². The zero-order valence-electron chi connectivity index (χ0n) is 11.4. The van der Waals surface area contributed by atoms with Crippen molar-refractivity contribution in [3.8, 4) is 0 Å². The van der Waals surface area contributed by atoms with Gasteiger partial charge >= 0.3 is 0 Å². The lowest BCUT2D eigenvalue weighted by Gasteiger charge is -2.50. The van der Waals surface area contributed by atoms with Crippen LogP contribution in [0.5, 0.6) is 0 Å². The summed E-state index contributed by atoms with van der Waals surface area (Å²) < 4.78 is 7.47. The maximum absolute atomic E-state index is 11.1.